The Labute approximate surface area is 139 Å². The van der Waals surface area contributed by atoms with Crippen molar-refractivity contribution in [2.75, 3.05) is 19.6 Å². The lowest BCUT2D eigenvalue weighted by Crippen LogP contribution is -2.60. The van der Waals surface area contributed by atoms with Gasteiger partial charge in [-0.2, -0.15) is 0 Å². The molecule has 1 aromatic rings. The van der Waals surface area contributed by atoms with Crippen LogP contribution in [0.2, 0.25) is 0 Å². The third-order valence-electron chi connectivity index (χ3n) is 4.01. The monoisotopic (exact) mass is 322 g/mol. The van der Waals surface area contributed by atoms with Crippen LogP contribution in [-0.2, 0) is 11.3 Å². The topological polar surface area (TPSA) is 59.4 Å². The van der Waals surface area contributed by atoms with Crippen molar-refractivity contribution in [3.05, 3.63) is 18.2 Å². The van der Waals surface area contributed by atoms with Gasteiger partial charge in [-0.3, -0.25) is 0 Å². The molecule has 1 aliphatic rings. The van der Waals surface area contributed by atoms with Gasteiger partial charge in [0.1, 0.15) is 5.82 Å². The van der Waals surface area contributed by atoms with Crippen LogP contribution in [0.15, 0.2) is 12.4 Å². The standard InChI is InChI=1S/C17H30N4O2/c1-14-18-9-11-20(14)10-7-6-8-19-15(22)21-12-16(2,3)23-17(4,5)13-21/h9,11H,6-8,10,12-13H2,1-5H3,(H,19,22). The van der Waals surface area contributed by atoms with Crippen LogP contribution in [0, 0.1) is 6.92 Å². The highest BCUT2D eigenvalue weighted by atomic mass is 16.5. The Balaban J connectivity index is 1.71. The molecule has 1 aromatic heterocycles. The molecule has 0 saturated carbocycles. The van der Waals surface area contributed by atoms with E-state index in [1.165, 1.54) is 0 Å². The largest absolute Gasteiger partial charge is 0.366 e. The Morgan fingerprint density at radius 1 is 1.26 bits per heavy atom. The Morgan fingerprint density at radius 3 is 2.48 bits per heavy atom. The number of nitrogens with zero attached hydrogens (tertiary/aromatic N) is 3. The molecule has 0 spiro atoms. The number of ether oxygens (including phenoxy) is 1. The molecule has 0 radical (unpaired) electrons. The van der Waals surface area contributed by atoms with Crippen molar-refractivity contribution in [3.8, 4) is 0 Å². The van der Waals surface area contributed by atoms with Gasteiger partial charge >= 0.3 is 6.03 Å². The predicted molar refractivity (Wildman–Crippen MR) is 90.4 cm³/mol. The van der Waals surface area contributed by atoms with Crippen LogP contribution < -0.4 is 5.32 Å². The highest BCUT2D eigenvalue weighted by Crippen LogP contribution is 2.27. The first-order valence-electron chi connectivity index (χ1n) is 8.39. The summed E-state index contributed by atoms with van der Waals surface area (Å²) in [5.41, 5.74) is -0.615. The van der Waals surface area contributed by atoms with E-state index in [9.17, 15) is 4.79 Å². The SMILES string of the molecule is Cc1nccn1CCCCNC(=O)N1CC(C)(C)OC(C)(C)C1. The molecule has 2 amide bonds. The van der Waals surface area contributed by atoms with Crippen LogP contribution in [0.3, 0.4) is 0 Å². The molecule has 2 rings (SSSR count). The molecule has 0 aromatic carbocycles. The number of nitrogens with one attached hydrogen (secondary N) is 1. The smallest absolute Gasteiger partial charge is 0.317 e. The minimum Gasteiger partial charge on any atom is -0.366 e. The molecule has 23 heavy (non-hydrogen) atoms. The number of imidazole rings is 1. The normalized spacial score (nSPS) is 19.6. The zero-order valence-electron chi connectivity index (χ0n) is 15.1. The summed E-state index contributed by atoms with van der Waals surface area (Å²) in [4.78, 5) is 18.4. The van der Waals surface area contributed by atoms with Crippen molar-refractivity contribution in [2.45, 2.75) is 65.2 Å². The van der Waals surface area contributed by atoms with Gasteiger partial charge in [0, 0.05) is 25.5 Å². The Kier molecular flexibility index (Phi) is 5.34. The summed E-state index contributed by atoms with van der Waals surface area (Å²) in [5.74, 6) is 1.03. The number of urea groups is 1. The first kappa shape index (κ1) is 17.8. The fraction of sp³-hybridized carbons (Fsp3) is 0.765. The molecule has 0 atom stereocenters. The number of rotatable bonds is 5. The number of aromatic nitrogens is 2. The summed E-state index contributed by atoms with van der Waals surface area (Å²) < 4.78 is 8.14. The maximum Gasteiger partial charge on any atom is 0.317 e. The molecule has 6 heteroatoms. The minimum absolute atomic E-state index is 0.00765. The second-order valence-electron chi connectivity index (χ2n) is 7.58. The van der Waals surface area contributed by atoms with E-state index in [0.29, 0.717) is 19.6 Å². The number of carbonyl (C=O) groups excluding carboxylic acids is 1. The maximum atomic E-state index is 12.4. The van der Waals surface area contributed by atoms with E-state index in [-0.39, 0.29) is 17.2 Å². The molecular formula is C17H30N4O2. The lowest BCUT2D eigenvalue weighted by molar-refractivity contribution is -0.170. The van der Waals surface area contributed by atoms with Crippen molar-refractivity contribution >= 4 is 6.03 Å². The zero-order chi connectivity index (χ0) is 17.1. The van der Waals surface area contributed by atoms with Gasteiger partial charge in [0.25, 0.3) is 0 Å². The van der Waals surface area contributed by atoms with Crippen LogP contribution in [0.1, 0.15) is 46.4 Å². The van der Waals surface area contributed by atoms with Crippen LogP contribution in [-0.4, -0.2) is 51.3 Å². The molecule has 0 unspecified atom stereocenters. The average molecular weight is 322 g/mol. The fourth-order valence-electron chi connectivity index (χ4n) is 3.29. The summed E-state index contributed by atoms with van der Waals surface area (Å²) >= 11 is 0. The predicted octanol–water partition coefficient (Wildman–Crippen LogP) is 2.57. The number of hydrogen-bond acceptors (Lipinski definition) is 3. The first-order valence-corrected chi connectivity index (χ1v) is 8.39. The number of morpholine rings is 1. The van der Waals surface area contributed by atoms with Crippen LogP contribution in [0.25, 0.3) is 0 Å². The molecule has 1 fully saturated rings. The van der Waals surface area contributed by atoms with Crippen LogP contribution in [0.4, 0.5) is 4.79 Å². The average Bonchev–Trinajstić information content (AvgIpc) is 2.80. The maximum absolute atomic E-state index is 12.4. The summed E-state index contributed by atoms with van der Waals surface area (Å²) in [6.07, 6.45) is 5.79. The van der Waals surface area contributed by atoms with E-state index in [4.69, 9.17) is 4.74 Å². The molecule has 0 aliphatic carbocycles. The Hall–Kier alpha value is -1.56. The fourth-order valence-corrected chi connectivity index (χ4v) is 3.29. The van der Waals surface area contributed by atoms with E-state index in [1.807, 2.05) is 51.9 Å². The Morgan fingerprint density at radius 2 is 1.91 bits per heavy atom. The summed E-state index contributed by atoms with van der Waals surface area (Å²) in [5, 5.41) is 3.03. The molecular weight excluding hydrogens is 292 g/mol. The van der Waals surface area contributed by atoms with E-state index < -0.39 is 0 Å². The zero-order valence-corrected chi connectivity index (χ0v) is 15.1. The molecule has 0 bridgehead atoms. The van der Waals surface area contributed by atoms with Crippen molar-refractivity contribution in [2.24, 2.45) is 0 Å². The molecule has 1 saturated heterocycles. The molecule has 1 N–H and O–H groups in total. The summed E-state index contributed by atoms with van der Waals surface area (Å²) in [7, 11) is 0. The highest BCUT2D eigenvalue weighted by Gasteiger charge is 2.39. The highest BCUT2D eigenvalue weighted by molar-refractivity contribution is 5.74. The molecule has 1 aliphatic heterocycles. The lowest BCUT2D eigenvalue weighted by Gasteiger charge is -2.47. The molecule has 130 valence electrons. The third kappa shape index (κ3) is 5.23. The second kappa shape index (κ2) is 6.91. The minimum atomic E-state index is -0.308. The second-order valence-corrected chi connectivity index (χ2v) is 7.58. The van der Waals surface area contributed by atoms with Gasteiger partial charge in [0.15, 0.2) is 0 Å². The first-order chi connectivity index (χ1) is 10.7. The number of aryl methyl sites for hydroxylation is 2. The van der Waals surface area contributed by atoms with Gasteiger partial charge in [0.2, 0.25) is 0 Å². The van der Waals surface area contributed by atoms with E-state index in [2.05, 4.69) is 14.9 Å². The van der Waals surface area contributed by atoms with Gasteiger partial charge in [-0.1, -0.05) is 0 Å². The van der Waals surface area contributed by atoms with Crippen molar-refractivity contribution in [1.82, 2.24) is 19.8 Å². The van der Waals surface area contributed by atoms with Crippen LogP contribution >= 0.6 is 0 Å². The van der Waals surface area contributed by atoms with Gasteiger partial charge in [0.05, 0.1) is 24.3 Å². The lowest BCUT2D eigenvalue weighted by atomic mass is 9.99. The van der Waals surface area contributed by atoms with Crippen molar-refractivity contribution in [1.29, 1.82) is 0 Å². The quantitative estimate of drug-likeness (QED) is 0.848. The van der Waals surface area contributed by atoms with Gasteiger partial charge < -0.3 is 19.5 Å². The van der Waals surface area contributed by atoms with E-state index in [0.717, 1.165) is 25.2 Å². The van der Waals surface area contributed by atoms with Crippen LogP contribution in [0.5, 0.6) is 0 Å². The summed E-state index contributed by atoms with van der Waals surface area (Å²) in [6.45, 7) is 13.0. The van der Waals surface area contributed by atoms with Gasteiger partial charge in [-0.05, 0) is 47.5 Å². The van der Waals surface area contributed by atoms with E-state index in [1.54, 1.807) is 0 Å². The van der Waals surface area contributed by atoms with Crippen molar-refractivity contribution < 1.29 is 9.53 Å². The molecule has 2 heterocycles. The van der Waals surface area contributed by atoms with Gasteiger partial charge in [-0.15, -0.1) is 0 Å². The van der Waals surface area contributed by atoms with E-state index >= 15 is 0 Å². The number of amides is 2. The third-order valence-corrected chi connectivity index (χ3v) is 4.01. The number of carbonyl (C=O) groups is 1. The number of unbranched alkanes of at least 4 members (excludes halogenated alkanes) is 1. The Bertz CT molecular complexity index is 520. The summed E-state index contributed by atoms with van der Waals surface area (Å²) in [6, 6.07) is 0.00765. The number of hydrogen-bond donors (Lipinski definition) is 1. The molecule has 6 nitrogen and oxygen atoms in total. The van der Waals surface area contributed by atoms with Crippen molar-refractivity contribution in [3.63, 3.8) is 0 Å². The van der Waals surface area contributed by atoms with Gasteiger partial charge in [-0.25, -0.2) is 9.78 Å².